The molecule has 0 radical (unpaired) electrons. The monoisotopic (exact) mass is 364 g/mol. The van der Waals surface area contributed by atoms with Crippen LogP contribution in [-0.2, 0) is 6.54 Å². The molecule has 1 aromatic heterocycles. The summed E-state index contributed by atoms with van der Waals surface area (Å²) in [5, 5.41) is 6.58. The molecule has 3 rings (SSSR count). The normalized spacial score (nSPS) is 10.4. The van der Waals surface area contributed by atoms with E-state index in [-0.39, 0.29) is 0 Å². The van der Waals surface area contributed by atoms with E-state index in [1.165, 1.54) is 11.1 Å². The summed E-state index contributed by atoms with van der Waals surface area (Å²) in [4.78, 5) is 9.02. The number of nitrogens with one attached hydrogen (secondary N) is 2. The topological polar surface area (TPSA) is 68.3 Å². The molecule has 6 heteroatoms. The van der Waals surface area contributed by atoms with Gasteiger partial charge >= 0.3 is 0 Å². The average molecular weight is 364 g/mol. The predicted molar refractivity (Wildman–Crippen MR) is 108 cm³/mol. The summed E-state index contributed by atoms with van der Waals surface area (Å²) in [6.07, 6.45) is 0. The Labute approximate surface area is 159 Å². The van der Waals surface area contributed by atoms with Gasteiger partial charge < -0.3 is 20.1 Å². The van der Waals surface area contributed by atoms with Gasteiger partial charge in [-0.2, -0.15) is 4.98 Å². The summed E-state index contributed by atoms with van der Waals surface area (Å²) >= 11 is 0. The maximum atomic E-state index is 5.34. The van der Waals surface area contributed by atoms with Gasteiger partial charge in [0.15, 0.2) is 11.5 Å². The zero-order valence-corrected chi connectivity index (χ0v) is 16.0. The number of hydrogen-bond acceptors (Lipinski definition) is 6. The van der Waals surface area contributed by atoms with E-state index in [4.69, 9.17) is 9.47 Å². The Balaban J connectivity index is 1.75. The number of anilines is 3. The van der Waals surface area contributed by atoms with Crippen molar-refractivity contribution in [1.82, 2.24) is 9.97 Å². The molecule has 0 aliphatic carbocycles. The van der Waals surface area contributed by atoms with Crippen molar-refractivity contribution in [3.05, 3.63) is 65.4 Å². The molecule has 0 amide bonds. The SMILES string of the molecule is COc1ccc(Nc2nc(C)cc(NCc3cccc(C)c3)n2)cc1OC. The van der Waals surface area contributed by atoms with Crippen LogP contribution in [0.3, 0.4) is 0 Å². The number of hydrogen-bond donors (Lipinski definition) is 2. The molecule has 6 nitrogen and oxygen atoms in total. The van der Waals surface area contributed by atoms with Crippen LogP contribution in [0.2, 0.25) is 0 Å². The molecule has 27 heavy (non-hydrogen) atoms. The molecule has 3 aromatic rings. The maximum absolute atomic E-state index is 5.34. The fraction of sp³-hybridized carbons (Fsp3) is 0.238. The molecule has 1 heterocycles. The second kappa shape index (κ2) is 8.40. The summed E-state index contributed by atoms with van der Waals surface area (Å²) in [6.45, 7) is 4.73. The number of rotatable bonds is 7. The molecule has 140 valence electrons. The molecule has 0 aliphatic heterocycles. The summed E-state index contributed by atoms with van der Waals surface area (Å²) in [6, 6.07) is 15.9. The minimum Gasteiger partial charge on any atom is -0.493 e. The van der Waals surface area contributed by atoms with Crippen molar-refractivity contribution in [3.8, 4) is 11.5 Å². The van der Waals surface area contributed by atoms with Crippen molar-refractivity contribution in [2.45, 2.75) is 20.4 Å². The molecule has 2 aromatic carbocycles. The van der Waals surface area contributed by atoms with E-state index in [1.54, 1.807) is 14.2 Å². The maximum Gasteiger partial charge on any atom is 0.229 e. The van der Waals surface area contributed by atoms with Crippen molar-refractivity contribution < 1.29 is 9.47 Å². The first-order chi connectivity index (χ1) is 13.1. The molecule has 0 atom stereocenters. The van der Waals surface area contributed by atoms with E-state index in [0.29, 0.717) is 24.0 Å². The Morgan fingerprint density at radius 3 is 2.44 bits per heavy atom. The highest BCUT2D eigenvalue weighted by atomic mass is 16.5. The van der Waals surface area contributed by atoms with E-state index in [0.717, 1.165) is 17.2 Å². The molecule has 0 unspecified atom stereocenters. The van der Waals surface area contributed by atoms with Gasteiger partial charge in [-0.05, 0) is 31.5 Å². The smallest absolute Gasteiger partial charge is 0.229 e. The third kappa shape index (κ3) is 4.88. The second-order valence-corrected chi connectivity index (χ2v) is 6.26. The first-order valence-electron chi connectivity index (χ1n) is 8.71. The van der Waals surface area contributed by atoms with E-state index >= 15 is 0 Å². The van der Waals surface area contributed by atoms with Crippen molar-refractivity contribution >= 4 is 17.5 Å². The highest BCUT2D eigenvalue weighted by Gasteiger charge is 2.07. The van der Waals surface area contributed by atoms with Gasteiger partial charge in [-0.25, -0.2) is 4.98 Å². The van der Waals surface area contributed by atoms with Crippen molar-refractivity contribution in [3.63, 3.8) is 0 Å². The Kier molecular flexibility index (Phi) is 5.76. The first-order valence-corrected chi connectivity index (χ1v) is 8.71. The third-order valence-electron chi connectivity index (χ3n) is 4.05. The summed E-state index contributed by atoms with van der Waals surface area (Å²) < 4.78 is 10.6. The number of benzene rings is 2. The first kappa shape index (κ1) is 18.5. The lowest BCUT2D eigenvalue weighted by molar-refractivity contribution is 0.355. The van der Waals surface area contributed by atoms with Gasteiger partial charge in [-0.3, -0.25) is 0 Å². The van der Waals surface area contributed by atoms with E-state index < -0.39 is 0 Å². The number of nitrogens with zero attached hydrogens (tertiary/aromatic N) is 2. The van der Waals surface area contributed by atoms with Crippen molar-refractivity contribution in [1.29, 1.82) is 0 Å². The van der Waals surface area contributed by atoms with Crippen LogP contribution in [0.15, 0.2) is 48.5 Å². The van der Waals surface area contributed by atoms with Crippen molar-refractivity contribution in [2.24, 2.45) is 0 Å². The summed E-state index contributed by atoms with van der Waals surface area (Å²) in [5.41, 5.74) is 4.15. The lowest BCUT2D eigenvalue weighted by Crippen LogP contribution is -2.06. The standard InChI is InChI=1S/C21H24N4O2/c1-14-6-5-7-16(10-14)13-22-20-11-15(2)23-21(25-20)24-17-8-9-18(26-3)19(12-17)27-4/h5-12H,13H2,1-4H3,(H2,22,23,24,25). The molecule has 0 saturated carbocycles. The fourth-order valence-electron chi connectivity index (χ4n) is 2.77. The Morgan fingerprint density at radius 1 is 0.889 bits per heavy atom. The quantitative estimate of drug-likeness (QED) is 0.645. The van der Waals surface area contributed by atoms with Crippen LogP contribution in [0.5, 0.6) is 11.5 Å². The van der Waals surface area contributed by atoms with E-state index in [2.05, 4.69) is 51.8 Å². The lowest BCUT2D eigenvalue weighted by Gasteiger charge is -2.12. The molecule has 0 saturated heterocycles. The molecular weight excluding hydrogens is 340 g/mol. The van der Waals surface area contributed by atoms with Crippen LogP contribution >= 0.6 is 0 Å². The highest BCUT2D eigenvalue weighted by Crippen LogP contribution is 2.30. The van der Waals surface area contributed by atoms with Gasteiger partial charge in [0.1, 0.15) is 5.82 Å². The Bertz CT molecular complexity index is 928. The zero-order valence-electron chi connectivity index (χ0n) is 16.0. The largest absolute Gasteiger partial charge is 0.493 e. The van der Waals surface area contributed by atoms with E-state index in [1.807, 2.05) is 31.2 Å². The minimum atomic E-state index is 0.522. The van der Waals surface area contributed by atoms with Gasteiger partial charge in [-0.15, -0.1) is 0 Å². The summed E-state index contributed by atoms with van der Waals surface area (Å²) in [7, 11) is 3.22. The second-order valence-electron chi connectivity index (χ2n) is 6.26. The van der Waals surface area contributed by atoms with Gasteiger partial charge in [0, 0.05) is 30.1 Å². The van der Waals surface area contributed by atoms with Crippen LogP contribution in [0.25, 0.3) is 0 Å². The van der Waals surface area contributed by atoms with Gasteiger partial charge in [-0.1, -0.05) is 29.8 Å². The van der Waals surface area contributed by atoms with Crippen LogP contribution in [-0.4, -0.2) is 24.2 Å². The predicted octanol–water partition coefficient (Wildman–Crippen LogP) is 4.47. The molecule has 0 bridgehead atoms. The van der Waals surface area contributed by atoms with Crippen LogP contribution < -0.4 is 20.1 Å². The van der Waals surface area contributed by atoms with Crippen LogP contribution in [0.4, 0.5) is 17.5 Å². The van der Waals surface area contributed by atoms with Crippen molar-refractivity contribution in [2.75, 3.05) is 24.9 Å². The average Bonchev–Trinajstić information content (AvgIpc) is 2.66. The molecule has 0 spiro atoms. The Hall–Kier alpha value is -3.28. The minimum absolute atomic E-state index is 0.522. The number of ether oxygens (including phenoxy) is 2. The number of aromatic nitrogens is 2. The van der Waals surface area contributed by atoms with Gasteiger partial charge in [0.25, 0.3) is 0 Å². The highest BCUT2D eigenvalue weighted by molar-refractivity contribution is 5.60. The molecule has 0 fully saturated rings. The zero-order chi connectivity index (χ0) is 19.2. The summed E-state index contributed by atoms with van der Waals surface area (Å²) in [5.74, 6) is 2.61. The number of aryl methyl sites for hydroxylation is 2. The van der Waals surface area contributed by atoms with Crippen LogP contribution in [0.1, 0.15) is 16.8 Å². The number of methoxy groups -OCH3 is 2. The fourth-order valence-corrected chi connectivity index (χ4v) is 2.77. The third-order valence-corrected chi connectivity index (χ3v) is 4.05. The van der Waals surface area contributed by atoms with Gasteiger partial charge in [0.2, 0.25) is 5.95 Å². The van der Waals surface area contributed by atoms with Crippen LogP contribution in [0, 0.1) is 13.8 Å². The molecular formula is C21H24N4O2. The van der Waals surface area contributed by atoms with E-state index in [9.17, 15) is 0 Å². The lowest BCUT2D eigenvalue weighted by atomic mass is 10.1. The molecule has 0 aliphatic rings. The molecule has 2 N–H and O–H groups in total. The Morgan fingerprint density at radius 2 is 1.70 bits per heavy atom. The van der Waals surface area contributed by atoms with Gasteiger partial charge in [0.05, 0.1) is 14.2 Å².